The number of unbranched alkanes of at least 4 members (excludes halogenated alkanes) is 36. The molecular formula is C55H107NO8. The number of hydrogen-bond donors (Lipinski definition) is 6. The van der Waals surface area contributed by atoms with Crippen LogP contribution in [0.3, 0.4) is 0 Å². The molecule has 1 heterocycles. The van der Waals surface area contributed by atoms with Crippen molar-refractivity contribution in [2.45, 2.75) is 320 Å². The Balaban J connectivity index is 1.91. The van der Waals surface area contributed by atoms with Crippen molar-refractivity contribution in [1.82, 2.24) is 5.32 Å². The van der Waals surface area contributed by atoms with Crippen LogP contribution < -0.4 is 5.32 Å². The number of carbonyl (C=O) groups excluding carboxylic acids is 1. The summed E-state index contributed by atoms with van der Waals surface area (Å²) in [4.78, 5) is 12.9. The lowest BCUT2D eigenvalue weighted by Crippen LogP contribution is -2.60. The first kappa shape index (κ1) is 60.9. The van der Waals surface area contributed by atoms with Crippen LogP contribution in [0.5, 0.6) is 0 Å². The molecule has 0 aromatic heterocycles. The summed E-state index contributed by atoms with van der Waals surface area (Å²) < 4.78 is 11.2. The number of aliphatic hydroxyl groups excluding tert-OH is 5. The molecule has 7 unspecified atom stereocenters. The normalized spacial score (nSPS) is 20.0. The minimum absolute atomic E-state index is 0.137. The molecule has 380 valence electrons. The van der Waals surface area contributed by atoms with E-state index in [1.807, 2.05) is 0 Å². The van der Waals surface area contributed by atoms with Crippen molar-refractivity contribution in [3.05, 3.63) is 12.2 Å². The molecule has 1 fully saturated rings. The molecule has 1 amide bonds. The third-order valence-electron chi connectivity index (χ3n) is 13.6. The summed E-state index contributed by atoms with van der Waals surface area (Å²) in [5.74, 6) is -0.148. The van der Waals surface area contributed by atoms with Gasteiger partial charge in [0, 0.05) is 6.42 Å². The Bertz CT molecular complexity index is 1010. The zero-order valence-electron chi connectivity index (χ0n) is 42.1. The minimum atomic E-state index is -1.55. The second-order valence-electron chi connectivity index (χ2n) is 19.7. The number of hydrogen-bond acceptors (Lipinski definition) is 8. The molecule has 0 aromatic carbocycles. The Labute approximate surface area is 395 Å². The van der Waals surface area contributed by atoms with Crippen molar-refractivity contribution in [1.29, 1.82) is 0 Å². The number of amides is 1. The quantitative estimate of drug-likeness (QED) is 0.0261. The van der Waals surface area contributed by atoms with Gasteiger partial charge >= 0.3 is 0 Å². The van der Waals surface area contributed by atoms with E-state index < -0.39 is 49.5 Å². The number of carbonyl (C=O) groups is 1. The smallest absolute Gasteiger partial charge is 0.220 e. The van der Waals surface area contributed by atoms with Crippen molar-refractivity contribution in [3.8, 4) is 0 Å². The zero-order chi connectivity index (χ0) is 46.6. The van der Waals surface area contributed by atoms with Gasteiger partial charge in [-0.2, -0.15) is 0 Å². The Morgan fingerprint density at radius 2 is 0.875 bits per heavy atom. The molecule has 1 aliphatic heterocycles. The summed E-state index contributed by atoms with van der Waals surface area (Å²) in [7, 11) is 0. The molecule has 1 saturated heterocycles. The van der Waals surface area contributed by atoms with Crippen LogP contribution >= 0.6 is 0 Å². The number of rotatable bonds is 48. The lowest BCUT2D eigenvalue weighted by molar-refractivity contribution is -0.302. The van der Waals surface area contributed by atoms with Gasteiger partial charge in [0.25, 0.3) is 0 Å². The van der Waals surface area contributed by atoms with Gasteiger partial charge in [-0.1, -0.05) is 244 Å². The predicted molar refractivity (Wildman–Crippen MR) is 267 cm³/mol. The van der Waals surface area contributed by atoms with Gasteiger partial charge in [-0.25, -0.2) is 0 Å². The molecule has 1 rings (SSSR count). The third-order valence-corrected chi connectivity index (χ3v) is 13.6. The molecule has 9 heteroatoms. The van der Waals surface area contributed by atoms with E-state index in [4.69, 9.17) is 9.47 Å². The molecule has 1 aliphatic rings. The Hall–Kier alpha value is -1.07. The second kappa shape index (κ2) is 45.7. The average molecular weight is 910 g/mol. The van der Waals surface area contributed by atoms with Gasteiger partial charge in [0.2, 0.25) is 5.91 Å². The van der Waals surface area contributed by atoms with E-state index in [2.05, 4.69) is 31.3 Å². The highest BCUT2D eigenvalue weighted by molar-refractivity contribution is 5.76. The molecule has 0 bridgehead atoms. The highest BCUT2D eigenvalue weighted by Crippen LogP contribution is 2.23. The fourth-order valence-electron chi connectivity index (χ4n) is 9.16. The van der Waals surface area contributed by atoms with Gasteiger partial charge in [-0.15, -0.1) is 0 Å². The minimum Gasteiger partial charge on any atom is -0.394 e. The Morgan fingerprint density at radius 1 is 0.516 bits per heavy atom. The van der Waals surface area contributed by atoms with Crippen LogP contribution in [0.25, 0.3) is 0 Å². The highest BCUT2D eigenvalue weighted by Gasteiger charge is 2.44. The van der Waals surface area contributed by atoms with Gasteiger partial charge in [0.15, 0.2) is 6.29 Å². The lowest BCUT2D eigenvalue weighted by Gasteiger charge is -2.40. The van der Waals surface area contributed by atoms with E-state index in [0.29, 0.717) is 12.8 Å². The lowest BCUT2D eigenvalue weighted by atomic mass is 9.99. The molecule has 0 saturated carbocycles. The zero-order valence-corrected chi connectivity index (χ0v) is 42.1. The Morgan fingerprint density at radius 3 is 1.27 bits per heavy atom. The molecule has 0 aromatic rings. The molecule has 6 N–H and O–H groups in total. The molecule has 0 aliphatic carbocycles. The topological polar surface area (TPSA) is 149 Å². The van der Waals surface area contributed by atoms with Crippen molar-refractivity contribution in [2.75, 3.05) is 13.2 Å². The monoisotopic (exact) mass is 910 g/mol. The maximum absolute atomic E-state index is 12.9. The summed E-state index contributed by atoms with van der Waals surface area (Å²) in [5, 5.41) is 53.8. The van der Waals surface area contributed by atoms with Gasteiger partial charge in [-0.05, 0) is 38.5 Å². The van der Waals surface area contributed by atoms with E-state index in [1.54, 1.807) is 0 Å². The van der Waals surface area contributed by atoms with Crippen molar-refractivity contribution in [3.63, 3.8) is 0 Å². The van der Waals surface area contributed by atoms with Crippen molar-refractivity contribution >= 4 is 5.91 Å². The van der Waals surface area contributed by atoms with Crippen LogP contribution in [0.4, 0.5) is 0 Å². The molecular weight excluding hydrogens is 803 g/mol. The first-order chi connectivity index (χ1) is 31.3. The summed E-state index contributed by atoms with van der Waals surface area (Å²) in [6, 6.07) is -0.710. The maximum atomic E-state index is 12.9. The van der Waals surface area contributed by atoms with Gasteiger partial charge in [0.05, 0.1) is 25.4 Å². The number of nitrogens with one attached hydrogen (secondary N) is 1. The third kappa shape index (κ3) is 35.1. The van der Waals surface area contributed by atoms with Gasteiger partial charge in [0.1, 0.15) is 24.4 Å². The van der Waals surface area contributed by atoms with Crippen LogP contribution in [-0.4, -0.2) is 87.5 Å². The number of aliphatic hydroxyl groups is 5. The summed E-state index contributed by atoms with van der Waals surface area (Å²) in [5.41, 5.74) is 0. The van der Waals surface area contributed by atoms with E-state index >= 15 is 0 Å². The summed E-state index contributed by atoms with van der Waals surface area (Å²) in [6.07, 6.45) is 49.3. The average Bonchev–Trinajstić information content (AvgIpc) is 3.29. The largest absolute Gasteiger partial charge is 0.394 e. The van der Waals surface area contributed by atoms with Crippen LogP contribution in [-0.2, 0) is 14.3 Å². The number of allylic oxidation sites excluding steroid dienone is 2. The van der Waals surface area contributed by atoms with Gasteiger partial charge < -0.3 is 40.3 Å². The highest BCUT2D eigenvalue weighted by atomic mass is 16.7. The van der Waals surface area contributed by atoms with E-state index in [0.717, 1.165) is 44.9 Å². The maximum Gasteiger partial charge on any atom is 0.220 e. The fourth-order valence-corrected chi connectivity index (χ4v) is 9.16. The summed E-state index contributed by atoms with van der Waals surface area (Å²) in [6.45, 7) is 3.73. The Kier molecular flexibility index (Phi) is 43.5. The molecule has 7 atom stereocenters. The van der Waals surface area contributed by atoms with E-state index in [1.165, 1.54) is 205 Å². The van der Waals surface area contributed by atoms with Crippen LogP contribution in [0.2, 0.25) is 0 Å². The standard InChI is InChI=1S/C55H107NO8/c1-3-5-7-9-10-11-12-13-14-15-16-17-18-19-20-21-22-23-24-25-26-27-28-29-30-31-32-33-34-35-36-37-38-39-40-41-43-45-51(59)56-48(49(58)44-42-8-6-4-2)47-63-55-54(62)53(61)52(60)50(46-57)64-55/h15-16,48-50,52-55,57-58,60-62H,3-14,17-47H2,1-2H3,(H,56,59)/b16-15-. The molecule has 64 heavy (non-hydrogen) atoms. The SMILES string of the molecule is CCCCCCCCCC/C=C\CCCCCCCCCCCCCCCCCCCCCCCCCCCC(=O)NC(COC1OC(CO)C(O)C(O)C1O)C(O)CCCCCC. The van der Waals surface area contributed by atoms with Crippen LogP contribution in [0.15, 0.2) is 12.2 Å². The van der Waals surface area contributed by atoms with E-state index in [-0.39, 0.29) is 12.5 Å². The first-order valence-electron chi connectivity index (χ1n) is 27.9. The van der Waals surface area contributed by atoms with Crippen molar-refractivity contribution < 1.29 is 39.8 Å². The number of ether oxygens (including phenoxy) is 2. The predicted octanol–water partition coefficient (Wildman–Crippen LogP) is 13.2. The van der Waals surface area contributed by atoms with Crippen LogP contribution in [0.1, 0.15) is 277 Å². The fraction of sp³-hybridized carbons (Fsp3) is 0.945. The second-order valence-corrected chi connectivity index (χ2v) is 19.7. The molecule has 0 spiro atoms. The molecule has 0 radical (unpaired) electrons. The molecule has 9 nitrogen and oxygen atoms in total. The van der Waals surface area contributed by atoms with Crippen LogP contribution in [0, 0.1) is 0 Å². The van der Waals surface area contributed by atoms with Gasteiger partial charge in [-0.3, -0.25) is 4.79 Å². The van der Waals surface area contributed by atoms with Crippen molar-refractivity contribution in [2.24, 2.45) is 0 Å². The summed E-state index contributed by atoms with van der Waals surface area (Å²) >= 11 is 0. The van der Waals surface area contributed by atoms with E-state index in [9.17, 15) is 30.3 Å². The first-order valence-corrected chi connectivity index (χ1v) is 27.9.